The normalized spacial score (nSPS) is 16.5. The van der Waals surface area contributed by atoms with E-state index in [2.05, 4.69) is 31.1 Å². The first kappa shape index (κ1) is 19.8. The van der Waals surface area contributed by atoms with Gasteiger partial charge < -0.3 is 9.64 Å². The molecule has 1 N–H and O–H groups in total. The molecular formula is C20H26N6O2S. The summed E-state index contributed by atoms with van der Waals surface area (Å²) in [6.07, 6.45) is 3.62. The summed E-state index contributed by atoms with van der Waals surface area (Å²) in [6.45, 7) is 9.08. The lowest BCUT2D eigenvalue weighted by Crippen LogP contribution is -2.47. The van der Waals surface area contributed by atoms with Crippen LogP contribution in [0.15, 0.2) is 30.6 Å². The molecule has 4 heterocycles. The van der Waals surface area contributed by atoms with Gasteiger partial charge in [-0.2, -0.15) is 5.10 Å². The molecule has 9 heteroatoms. The van der Waals surface area contributed by atoms with E-state index in [1.807, 2.05) is 43.4 Å². The summed E-state index contributed by atoms with van der Waals surface area (Å²) in [4.78, 5) is 11.1. The minimum Gasteiger partial charge on any atom is -0.475 e. The van der Waals surface area contributed by atoms with Crippen LogP contribution in [0, 0.1) is 0 Å². The van der Waals surface area contributed by atoms with Crippen molar-refractivity contribution in [3.63, 3.8) is 0 Å². The van der Waals surface area contributed by atoms with Crippen LogP contribution in [0.1, 0.15) is 20.8 Å². The molecule has 3 aromatic rings. The fourth-order valence-corrected chi connectivity index (χ4v) is 4.40. The molecule has 1 atom stereocenters. The van der Waals surface area contributed by atoms with E-state index in [0.29, 0.717) is 11.6 Å². The van der Waals surface area contributed by atoms with E-state index < -0.39 is 11.0 Å². The standard InChI is InChI=1S/C20H26N6O2S/c1-4-29(27)26-9-7-25(8-10-26)18-11-15(5-6-21-18)20-16-12-19(28-14(2)3)22-13-17(16)23-24-20/h5-6,11-14H,4,7-10H2,1-3H3,(H,23,24). The second-order valence-corrected chi connectivity index (χ2v) is 8.97. The largest absolute Gasteiger partial charge is 0.475 e. The first-order chi connectivity index (χ1) is 14.0. The van der Waals surface area contributed by atoms with Gasteiger partial charge in [0, 0.05) is 55.1 Å². The van der Waals surface area contributed by atoms with E-state index in [1.54, 1.807) is 6.20 Å². The predicted molar refractivity (Wildman–Crippen MR) is 115 cm³/mol. The van der Waals surface area contributed by atoms with Crippen LogP contribution >= 0.6 is 0 Å². The van der Waals surface area contributed by atoms with Crippen molar-refractivity contribution in [1.82, 2.24) is 24.5 Å². The maximum Gasteiger partial charge on any atom is 0.214 e. The molecule has 0 saturated carbocycles. The molecule has 4 rings (SSSR count). The van der Waals surface area contributed by atoms with Crippen molar-refractivity contribution >= 4 is 27.7 Å². The van der Waals surface area contributed by atoms with Gasteiger partial charge in [0.2, 0.25) is 5.88 Å². The van der Waals surface area contributed by atoms with Gasteiger partial charge >= 0.3 is 0 Å². The average Bonchev–Trinajstić information content (AvgIpc) is 3.16. The predicted octanol–water partition coefficient (Wildman–Crippen LogP) is 2.61. The number of rotatable bonds is 6. The number of hydrogen-bond acceptors (Lipinski definition) is 6. The number of fused-ring (bicyclic) bond motifs is 1. The number of anilines is 1. The van der Waals surface area contributed by atoms with Crippen LogP contribution in [0.25, 0.3) is 22.2 Å². The van der Waals surface area contributed by atoms with Gasteiger partial charge in [0.15, 0.2) is 0 Å². The summed E-state index contributed by atoms with van der Waals surface area (Å²) >= 11 is 0. The fraction of sp³-hybridized carbons (Fsp3) is 0.450. The summed E-state index contributed by atoms with van der Waals surface area (Å²) in [5, 5.41) is 8.52. The molecule has 0 bridgehead atoms. The third kappa shape index (κ3) is 4.25. The van der Waals surface area contributed by atoms with Gasteiger partial charge in [-0.25, -0.2) is 18.5 Å². The van der Waals surface area contributed by atoms with Crippen molar-refractivity contribution in [3.05, 3.63) is 30.6 Å². The Kier molecular flexibility index (Phi) is 5.77. The molecular weight excluding hydrogens is 388 g/mol. The van der Waals surface area contributed by atoms with Gasteiger partial charge in [0.1, 0.15) is 11.5 Å². The minimum absolute atomic E-state index is 0.0588. The number of piperazine rings is 1. The Morgan fingerprint density at radius 3 is 2.72 bits per heavy atom. The molecule has 0 spiro atoms. The maximum atomic E-state index is 12.0. The summed E-state index contributed by atoms with van der Waals surface area (Å²) in [6, 6.07) is 5.95. The lowest BCUT2D eigenvalue weighted by Gasteiger charge is -2.34. The lowest BCUT2D eigenvalue weighted by atomic mass is 10.1. The Morgan fingerprint density at radius 1 is 1.21 bits per heavy atom. The molecule has 29 heavy (non-hydrogen) atoms. The van der Waals surface area contributed by atoms with Gasteiger partial charge in [0.25, 0.3) is 0 Å². The van der Waals surface area contributed by atoms with Gasteiger partial charge in [0.05, 0.1) is 28.8 Å². The molecule has 154 valence electrons. The third-order valence-electron chi connectivity index (χ3n) is 4.90. The van der Waals surface area contributed by atoms with Crippen LogP contribution in [0.2, 0.25) is 0 Å². The monoisotopic (exact) mass is 414 g/mol. The number of aromatic amines is 1. The molecule has 0 radical (unpaired) electrons. The second-order valence-electron chi connectivity index (χ2n) is 7.24. The zero-order chi connectivity index (χ0) is 20.4. The number of nitrogens with zero attached hydrogens (tertiary/aromatic N) is 5. The van der Waals surface area contributed by atoms with Crippen molar-refractivity contribution in [3.8, 4) is 17.1 Å². The first-order valence-electron chi connectivity index (χ1n) is 9.90. The minimum atomic E-state index is -0.882. The summed E-state index contributed by atoms with van der Waals surface area (Å²) < 4.78 is 19.8. The van der Waals surface area contributed by atoms with Crippen LogP contribution in [0.3, 0.4) is 0 Å². The molecule has 8 nitrogen and oxygen atoms in total. The topological polar surface area (TPSA) is 87.2 Å². The molecule has 1 aliphatic heterocycles. The van der Waals surface area contributed by atoms with Gasteiger partial charge in [-0.1, -0.05) is 6.92 Å². The number of ether oxygens (including phenoxy) is 1. The van der Waals surface area contributed by atoms with Crippen LogP contribution < -0.4 is 9.64 Å². The number of pyridine rings is 2. The third-order valence-corrected chi connectivity index (χ3v) is 6.33. The lowest BCUT2D eigenvalue weighted by molar-refractivity contribution is 0.233. The van der Waals surface area contributed by atoms with Gasteiger partial charge in [-0.3, -0.25) is 5.10 Å². The van der Waals surface area contributed by atoms with E-state index in [1.165, 1.54) is 0 Å². The molecule has 0 aliphatic carbocycles. The zero-order valence-corrected chi connectivity index (χ0v) is 17.8. The molecule has 1 saturated heterocycles. The van der Waals surface area contributed by atoms with Crippen molar-refractivity contribution < 1.29 is 8.95 Å². The first-order valence-corrected chi connectivity index (χ1v) is 11.2. The van der Waals surface area contributed by atoms with Crippen LogP contribution in [-0.2, 0) is 11.0 Å². The highest BCUT2D eigenvalue weighted by Crippen LogP contribution is 2.30. The van der Waals surface area contributed by atoms with Crippen LogP contribution in [0.4, 0.5) is 5.82 Å². The second kappa shape index (κ2) is 8.46. The van der Waals surface area contributed by atoms with E-state index in [-0.39, 0.29) is 6.10 Å². The van der Waals surface area contributed by atoms with Crippen molar-refractivity contribution in [1.29, 1.82) is 0 Å². The number of hydrogen-bond donors (Lipinski definition) is 1. The average molecular weight is 415 g/mol. The molecule has 0 aromatic carbocycles. The number of H-pyrrole nitrogens is 1. The maximum absolute atomic E-state index is 12.0. The van der Waals surface area contributed by atoms with Crippen LogP contribution in [-0.4, -0.2) is 66.7 Å². The van der Waals surface area contributed by atoms with E-state index in [4.69, 9.17) is 4.74 Å². The Balaban J connectivity index is 1.58. The molecule has 1 aliphatic rings. The van der Waals surface area contributed by atoms with E-state index in [9.17, 15) is 4.21 Å². The highest BCUT2D eigenvalue weighted by atomic mass is 32.2. The Bertz CT molecular complexity index is 1010. The molecule has 1 fully saturated rings. The highest BCUT2D eigenvalue weighted by molar-refractivity contribution is 7.82. The quantitative estimate of drug-likeness (QED) is 0.667. The number of aromatic nitrogens is 4. The Morgan fingerprint density at radius 2 is 2.00 bits per heavy atom. The zero-order valence-electron chi connectivity index (χ0n) is 17.0. The summed E-state index contributed by atoms with van der Waals surface area (Å²) in [7, 11) is -0.882. The highest BCUT2D eigenvalue weighted by Gasteiger charge is 2.21. The smallest absolute Gasteiger partial charge is 0.214 e. The van der Waals surface area contributed by atoms with Crippen molar-refractivity contribution in [2.45, 2.75) is 26.9 Å². The van der Waals surface area contributed by atoms with Crippen molar-refractivity contribution in [2.24, 2.45) is 0 Å². The molecule has 3 aromatic heterocycles. The SMILES string of the molecule is CCS(=O)N1CCN(c2cc(-c3n[nH]c4cnc(OC(C)C)cc34)ccn2)CC1. The van der Waals surface area contributed by atoms with E-state index >= 15 is 0 Å². The summed E-state index contributed by atoms with van der Waals surface area (Å²) in [5.41, 5.74) is 2.71. The molecule has 0 amide bonds. The fourth-order valence-electron chi connectivity index (χ4n) is 3.47. The molecule has 1 unspecified atom stereocenters. The Hall–Kier alpha value is -2.52. The number of nitrogens with one attached hydrogen (secondary N) is 1. The van der Waals surface area contributed by atoms with E-state index in [0.717, 1.165) is 54.2 Å². The van der Waals surface area contributed by atoms with Crippen molar-refractivity contribution in [2.75, 3.05) is 36.8 Å². The summed E-state index contributed by atoms with van der Waals surface area (Å²) in [5.74, 6) is 2.16. The van der Waals surface area contributed by atoms with Gasteiger partial charge in [-0.05, 0) is 26.0 Å². The Labute approximate surface area is 172 Å². The van der Waals surface area contributed by atoms with Gasteiger partial charge in [-0.15, -0.1) is 0 Å². The van der Waals surface area contributed by atoms with Crippen LogP contribution in [0.5, 0.6) is 5.88 Å².